The Kier molecular flexibility index (Phi) is 14.2. The molecule has 0 spiro atoms. The molecule has 188 valence electrons. The van der Waals surface area contributed by atoms with Crippen LogP contribution in [0.3, 0.4) is 0 Å². The average molecular weight is 494 g/mol. The lowest BCUT2D eigenvalue weighted by atomic mass is 10.1. The predicted octanol–water partition coefficient (Wildman–Crippen LogP) is -4.31. The normalized spacial score (nSPS) is 14.2. The number of thiol groups is 1. The summed E-state index contributed by atoms with van der Waals surface area (Å²) in [5.74, 6) is -5.61. The summed E-state index contributed by atoms with van der Waals surface area (Å²) in [6.07, 6.45) is -0.557. The van der Waals surface area contributed by atoms with E-state index in [4.69, 9.17) is 27.4 Å². The first-order valence-electron chi connectivity index (χ1n) is 9.81. The van der Waals surface area contributed by atoms with Crippen molar-refractivity contribution in [3.8, 4) is 0 Å². The Hall–Kier alpha value is -3.11. The van der Waals surface area contributed by atoms with Crippen molar-refractivity contribution in [2.45, 2.75) is 49.9 Å². The van der Waals surface area contributed by atoms with Crippen molar-refractivity contribution in [1.82, 2.24) is 16.0 Å². The van der Waals surface area contributed by atoms with Crippen molar-refractivity contribution in [3.05, 3.63) is 0 Å². The Labute approximate surface area is 194 Å². The number of aliphatic hydroxyl groups is 1. The van der Waals surface area contributed by atoms with Crippen molar-refractivity contribution in [3.63, 3.8) is 0 Å². The fourth-order valence-corrected chi connectivity index (χ4v) is 2.66. The number of guanidine groups is 1. The zero-order valence-corrected chi connectivity index (χ0v) is 18.7. The first-order chi connectivity index (χ1) is 15.4. The number of amides is 3. The van der Waals surface area contributed by atoms with Gasteiger partial charge < -0.3 is 48.5 Å². The minimum absolute atomic E-state index is 0.00142. The van der Waals surface area contributed by atoms with Crippen LogP contribution in [-0.2, 0) is 24.0 Å². The van der Waals surface area contributed by atoms with Gasteiger partial charge in [0.25, 0.3) is 0 Å². The molecule has 0 saturated carbocycles. The Morgan fingerprint density at radius 3 is 1.91 bits per heavy atom. The number of aliphatic imine (C=N–C) groups is 1. The summed E-state index contributed by atoms with van der Waals surface area (Å²) in [6, 6.07) is -5.31. The number of nitrogens with two attached hydrogens (primary N) is 3. The average Bonchev–Trinajstić information content (AvgIpc) is 2.75. The van der Waals surface area contributed by atoms with Gasteiger partial charge >= 0.3 is 11.9 Å². The van der Waals surface area contributed by atoms with E-state index in [1.54, 1.807) is 0 Å². The highest BCUT2D eigenvalue weighted by Crippen LogP contribution is 2.03. The Bertz CT molecular complexity index is 732. The number of aliphatic carboxylic acids is 2. The molecule has 0 rings (SSSR count). The zero-order valence-electron chi connectivity index (χ0n) is 17.8. The Balaban J connectivity index is 5.18. The monoisotopic (exact) mass is 493 g/mol. The van der Waals surface area contributed by atoms with Gasteiger partial charge in [0.05, 0.1) is 6.61 Å². The molecule has 0 aliphatic heterocycles. The highest BCUT2D eigenvalue weighted by atomic mass is 32.1. The Morgan fingerprint density at radius 1 is 0.879 bits per heavy atom. The van der Waals surface area contributed by atoms with Gasteiger partial charge in [-0.3, -0.25) is 24.2 Å². The van der Waals surface area contributed by atoms with Crippen LogP contribution in [0.15, 0.2) is 4.99 Å². The highest BCUT2D eigenvalue weighted by molar-refractivity contribution is 7.80. The molecule has 0 aromatic heterocycles. The minimum Gasteiger partial charge on any atom is -0.481 e. The van der Waals surface area contributed by atoms with Crippen molar-refractivity contribution < 1.29 is 39.3 Å². The lowest BCUT2D eigenvalue weighted by Gasteiger charge is -2.24. The van der Waals surface area contributed by atoms with Crippen molar-refractivity contribution >= 4 is 48.2 Å². The third kappa shape index (κ3) is 12.5. The van der Waals surface area contributed by atoms with Crippen molar-refractivity contribution in [2.75, 3.05) is 18.9 Å². The third-order valence-electron chi connectivity index (χ3n) is 4.19. The topological polar surface area (TPSA) is 273 Å². The van der Waals surface area contributed by atoms with E-state index >= 15 is 0 Å². The summed E-state index contributed by atoms with van der Waals surface area (Å²) in [5, 5.41) is 33.9. The maximum Gasteiger partial charge on any atom is 0.326 e. The number of hydrogen-bond donors (Lipinski definition) is 10. The second kappa shape index (κ2) is 15.7. The molecule has 12 N–H and O–H groups in total. The molecular formula is C17H31N7O8S. The molecule has 0 bridgehead atoms. The van der Waals surface area contributed by atoms with Gasteiger partial charge in [0.2, 0.25) is 17.7 Å². The third-order valence-corrected chi connectivity index (χ3v) is 4.55. The molecule has 33 heavy (non-hydrogen) atoms. The zero-order chi connectivity index (χ0) is 25.6. The summed E-state index contributed by atoms with van der Waals surface area (Å²) in [7, 11) is 0. The smallest absolute Gasteiger partial charge is 0.326 e. The number of carboxylic acid groups (broad SMARTS) is 2. The van der Waals surface area contributed by atoms with Gasteiger partial charge in [-0.15, -0.1) is 0 Å². The van der Waals surface area contributed by atoms with E-state index in [-0.39, 0.29) is 37.5 Å². The van der Waals surface area contributed by atoms with Gasteiger partial charge in [-0.2, -0.15) is 12.6 Å². The molecule has 0 heterocycles. The molecule has 0 radical (unpaired) electrons. The van der Waals surface area contributed by atoms with Crippen LogP contribution in [0.1, 0.15) is 25.7 Å². The van der Waals surface area contributed by atoms with Gasteiger partial charge in [-0.1, -0.05) is 0 Å². The van der Waals surface area contributed by atoms with Gasteiger partial charge in [0.15, 0.2) is 5.96 Å². The maximum absolute atomic E-state index is 12.6. The van der Waals surface area contributed by atoms with Gasteiger partial charge in [0, 0.05) is 18.7 Å². The highest BCUT2D eigenvalue weighted by Gasteiger charge is 2.29. The van der Waals surface area contributed by atoms with Crippen molar-refractivity contribution in [1.29, 1.82) is 0 Å². The van der Waals surface area contributed by atoms with Crippen LogP contribution in [0.5, 0.6) is 0 Å². The number of carbonyl (C=O) groups is 5. The fourth-order valence-electron chi connectivity index (χ4n) is 2.40. The van der Waals surface area contributed by atoms with E-state index in [0.29, 0.717) is 0 Å². The number of nitrogens with zero attached hydrogens (tertiary/aromatic N) is 1. The molecule has 0 aliphatic rings. The van der Waals surface area contributed by atoms with E-state index in [1.165, 1.54) is 0 Å². The molecule has 0 aromatic carbocycles. The fraction of sp³-hybridized carbons (Fsp3) is 0.647. The molecule has 4 unspecified atom stereocenters. The summed E-state index contributed by atoms with van der Waals surface area (Å²) >= 11 is 3.98. The molecule has 0 aromatic rings. The summed E-state index contributed by atoms with van der Waals surface area (Å²) < 4.78 is 0. The van der Waals surface area contributed by atoms with Gasteiger partial charge in [-0.25, -0.2) is 4.79 Å². The Morgan fingerprint density at radius 2 is 1.42 bits per heavy atom. The quantitative estimate of drug-likeness (QED) is 0.0425. The van der Waals surface area contributed by atoms with Gasteiger partial charge in [-0.05, 0) is 19.3 Å². The largest absolute Gasteiger partial charge is 0.481 e. The van der Waals surface area contributed by atoms with E-state index in [1.807, 2.05) is 0 Å². The van der Waals surface area contributed by atoms with Crippen LogP contribution < -0.4 is 33.2 Å². The SMILES string of the molecule is NC(N)=NCCCC(NC(=O)C(CS)NC(=O)C(CCC(=O)O)NC(=O)C(N)CO)C(=O)O. The van der Waals surface area contributed by atoms with Gasteiger partial charge in [0.1, 0.15) is 24.2 Å². The van der Waals surface area contributed by atoms with Crippen LogP contribution in [0.2, 0.25) is 0 Å². The molecular weight excluding hydrogens is 462 g/mol. The minimum atomic E-state index is -1.38. The molecule has 0 saturated heterocycles. The lowest BCUT2D eigenvalue weighted by Crippen LogP contribution is -2.58. The predicted molar refractivity (Wildman–Crippen MR) is 119 cm³/mol. The summed E-state index contributed by atoms with van der Waals surface area (Å²) in [5.41, 5.74) is 15.8. The number of carboxylic acids is 2. The van der Waals surface area contributed by atoms with Crippen LogP contribution in [0, 0.1) is 0 Å². The first kappa shape index (κ1) is 29.9. The van der Waals surface area contributed by atoms with Crippen LogP contribution in [0.4, 0.5) is 0 Å². The summed E-state index contributed by atoms with van der Waals surface area (Å²) in [4.78, 5) is 63.0. The first-order valence-corrected chi connectivity index (χ1v) is 10.4. The molecule has 0 aliphatic carbocycles. The van der Waals surface area contributed by atoms with Crippen LogP contribution in [-0.4, -0.2) is 94.0 Å². The van der Waals surface area contributed by atoms with Crippen LogP contribution in [0.25, 0.3) is 0 Å². The molecule has 4 atom stereocenters. The second-order valence-corrected chi connectivity index (χ2v) is 7.24. The number of carbonyl (C=O) groups excluding carboxylic acids is 3. The molecule has 3 amide bonds. The maximum atomic E-state index is 12.6. The molecule has 0 fully saturated rings. The van der Waals surface area contributed by atoms with E-state index in [0.717, 1.165) is 0 Å². The van der Waals surface area contributed by atoms with Crippen molar-refractivity contribution in [2.24, 2.45) is 22.2 Å². The van der Waals surface area contributed by atoms with E-state index in [2.05, 4.69) is 33.6 Å². The number of aliphatic hydroxyl groups excluding tert-OH is 1. The molecule has 16 heteroatoms. The summed E-state index contributed by atoms with van der Waals surface area (Å²) in [6.45, 7) is -0.559. The number of nitrogens with one attached hydrogen (secondary N) is 3. The second-order valence-electron chi connectivity index (χ2n) is 6.87. The van der Waals surface area contributed by atoms with Crippen LogP contribution >= 0.6 is 12.6 Å². The number of rotatable bonds is 16. The number of hydrogen-bond acceptors (Lipinski definition) is 9. The van der Waals surface area contributed by atoms with E-state index < -0.39 is 66.9 Å². The lowest BCUT2D eigenvalue weighted by molar-refractivity contribution is -0.142. The van der Waals surface area contributed by atoms with E-state index in [9.17, 15) is 29.1 Å². The molecule has 15 nitrogen and oxygen atoms in total. The standard InChI is InChI=1S/C17H31N7O8S/c18-8(6-25)13(28)22-9(3-4-12(26)27)14(29)24-11(7-33)15(30)23-10(16(31)32)2-1-5-21-17(19)20/h8-11,25,33H,1-7,18H2,(H,22,28)(H,23,30)(H,24,29)(H,26,27)(H,31,32)(H4,19,20,21).